The van der Waals surface area contributed by atoms with Gasteiger partial charge in [0.15, 0.2) is 0 Å². The first-order chi connectivity index (χ1) is 15.2. The summed E-state index contributed by atoms with van der Waals surface area (Å²) >= 11 is 0. The Morgan fingerprint density at radius 1 is 0.806 bits per heavy atom. The zero-order valence-corrected chi connectivity index (χ0v) is 20.1. The summed E-state index contributed by atoms with van der Waals surface area (Å²) in [7, 11) is 0. The van der Waals surface area contributed by atoms with Crippen molar-refractivity contribution in [1.29, 1.82) is 0 Å². The van der Waals surface area contributed by atoms with Crippen LogP contribution >= 0.6 is 0 Å². The molecule has 1 heterocycles. The fraction of sp³-hybridized carbons (Fsp3) is 0.923. The van der Waals surface area contributed by atoms with E-state index in [0.717, 1.165) is 12.8 Å². The monoisotopic (exact) mass is 442 g/mol. The second-order valence-electron chi connectivity index (χ2n) is 9.09. The highest BCUT2D eigenvalue weighted by Crippen LogP contribution is 2.20. The molecule has 1 saturated heterocycles. The van der Waals surface area contributed by atoms with Crippen molar-refractivity contribution in [2.45, 2.75) is 134 Å². The van der Waals surface area contributed by atoms with E-state index in [1.807, 2.05) is 0 Å². The van der Waals surface area contributed by atoms with Gasteiger partial charge < -0.3 is 24.8 Å². The molecule has 0 spiro atoms. The van der Waals surface area contributed by atoms with E-state index in [2.05, 4.69) is 19.1 Å². The smallest absolute Gasteiger partial charge is 0.114 e. The van der Waals surface area contributed by atoms with Crippen LogP contribution < -0.4 is 0 Å². The first-order valence-corrected chi connectivity index (χ1v) is 13.1. The van der Waals surface area contributed by atoms with E-state index in [1.54, 1.807) is 0 Å². The van der Waals surface area contributed by atoms with E-state index in [-0.39, 0.29) is 13.2 Å². The van der Waals surface area contributed by atoms with Gasteiger partial charge >= 0.3 is 0 Å². The molecule has 0 aromatic rings. The maximum atomic E-state index is 9.85. The molecule has 1 fully saturated rings. The van der Waals surface area contributed by atoms with Gasteiger partial charge in [-0.3, -0.25) is 0 Å². The lowest BCUT2D eigenvalue weighted by atomic mass is 10.1. The number of allylic oxidation sites excluding steroid dienone is 2. The molecule has 0 bridgehead atoms. The predicted molar refractivity (Wildman–Crippen MR) is 127 cm³/mol. The van der Waals surface area contributed by atoms with Crippen LogP contribution in [0.4, 0.5) is 0 Å². The third-order valence-electron chi connectivity index (χ3n) is 6.22. The highest BCUT2D eigenvalue weighted by atomic mass is 16.6. The lowest BCUT2D eigenvalue weighted by Crippen LogP contribution is -2.42. The summed E-state index contributed by atoms with van der Waals surface area (Å²) in [5.41, 5.74) is 0. The van der Waals surface area contributed by atoms with Gasteiger partial charge in [0.05, 0.1) is 13.2 Å². The van der Waals surface area contributed by atoms with Gasteiger partial charge in [0.1, 0.15) is 24.4 Å². The van der Waals surface area contributed by atoms with E-state index in [4.69, 9.17) is 9.47 Å². The van der Waals surface area contributed by atoms with Crippen LogP contribution in [-0.4, -0.2) is 59.6 Å². The standard InChI is InChI=1S/C26H50O5/c1-2-3-4-5-6-7-8-9-10-11-12-13-14-15-16-17-18-19-20-30-24(21-27)26-25(29)23(28)22-31-26/h9-10,23-29H,2-8,11-22H2,1H3/b10-9+/t23-,24+,25-,26-/m1/s1. The van der Waals surface area contributed by atoms with E-state index in [9.17, 15) is 15.3 Å². The summed E-state index contributed by atoms with van der Waals surface area (Å²) in [6.45, 7) is 2.72. The van der Waals surface area contributed by atoms with Crippen molar-refractivity contribution in [1.82, 2.24) is 0 Å². The summed E-state index contributed by atoms with van der Waals surface area (Å²) < 4.78 is 11.0. The molecule has 0 aromatic carbocycles. The number of ether oxygens (including phenoxy) is 2. The van der Waals surface area contributed by atoms with Gasteiger partial charge in [-0.2, -0.15) is 0 Å². The van der Waals surface area contributed by atoms with Crippen LogP contribution in [0.15, 0.2) is 12.2 Å². The van der Waals surface area contributed by atoms with Gasteiger partial charge in [0, 0.05) is 6.61 Å². The number of aliphatic hydroxyl groups is 3. The van der Waals surface area contributed by atoms with Gasteiger partial charge in [-0.1, -0.05) is 89.7 Å². The van der Waals surface area contributed by atoms with Crippen LogP contribution in [0, 0.1) is 0 Å². The average Bonchev–Trinajstić information content (AvgIpc) is 3.11. The summed E-state index contributed by atoms with van der Waals surface area (Å²) in [5, 5.41) is 28.8. The highest BCUT2D eigenvalue weighted by Gasteiger charge is 2.40. The zero-order valence-electron chi connectivity index (χ0n) is 20.1. The number of aliphatic hydroxyl groups excluding tert-OH is 3. The quantitative estimate of drug-likeness (QED) is 0.166. The number of hydrogen-bond acceptors (Lipinski definition) is 5. The second-order valence-corrected chi connectivity index (χ2v) is 9.09. The molecular weight excluding hydrogens is 392 g/mol. The summed E-state index contributed by atoms with van der Waals surface area (Å²) in [5.74, 6) is 0. The van der Waals surface area contributed by atoms with Crippen LogP contribution in [0.5, 0.6) is 0 Å². The molecule has 1 aliphatic rings. The molecule has 184 valence electrons. The molecule has 5 nitrogen and oxygen atoms in total. The van der Waals surface area contributed by atoms with Crippen molar-refractivity contribution in [3.8, 4) is 0 Å². The topological polar surface area (TPSA) is 79.2 Å². The third-order valence-corrected chi connectivity index (χ3v) is 6.22. The second kappa shape index (κ2) is 20.2. The Bertz CT molecular complexity index is 415. The number of unbranched alkanes of at least 4 members (excludes halogenated alkanes) is 14. The minimum atomic E-state index is -0.979. The molecule has 1 aliphatic heterocycles. The molecule has 0 unspecified atom stereocenters. The zero-order chi connectivity index (χ0) is 22.6. The van der Waals surface area contributed by atoms with Crippen molar-refractivity contribution in [3.05, 3.63) is 12.2 Å². The van der Waals surface area contributed by atoms with E-state index < -0.39 is 24.4 Å². The van der Waals surface area contributed by atoms with E-state index >= 15 is 0 Å². The summed E-state index contributed by atoms with van der Waals surface area (Å²) in [6.07, 6.45) is 22.3. The molecule has 1 rings (SSSR count). The van der Waals surface area contributed by atoms with E-state index in [1.165, 1.54) is 89.9 Å². The Labute approximate surface area is 191 Å². The molecule has 0 radical (unpaired) electrons. The lowest BCUT2D eigenvalue weighted by Gasteiger charge is -2.24. The van der Waals surface area contributed by atoms with Gasteiger partial charge in [0.25, 0.3) is 0 Å². The Morgan fingerprint density at radius 3 is 1.81 bits per heavy atom. The van der Waals surface area contributed by atoms with Gasteiger partial charge in [0.2, 0.25) is 0 Å². The van der Waals surface area contributed by atoms with Crippen molar-refractivity contribution in [2.24, 2.45) is 0 Å². The Balaban J connectivity index is 1.82. The number of hydrogen-bond donors (Lipinski definition) is 3. The van der Waals surface area contributed by atoms with Gasteiger partial charge in [-0.15, -0.1) is 0 Å². The van der Waals surface area contributed by atoms with Crippen LogP contribution in [-0.2, 0) is 9.47 Å². The molecule has 31 heavy (non-hydrogen) atoms. The molecule has 0 aliphatic carbocycles. The molecule has 5 heteroatoms. The Kier molecular flexibility index (Phi) is 18.6. The molecule has 4 atom stereocenters. The van der Waals surface area contributed by atoms with Crippen LogP contribution in [0.1, 0.15) is 110 Å². The molecule has 0 amide bonds. The first kappa shape index (κ1) is 28.6. The highest BCUT2D eigenvalue weighted by molar-refractivity contribution is 4.88. The summed E-state index contributed by atoms with van der Waals surface area (Å²) in [4.78, 5) is 0. The van der Waals surface area contributed by atoms with Crippen LogP contribution in [0.2, 0.25) is 0 Å². The van der Waals surface area contributed by atoms with Crippen LogP contribution in [0.25, 0.3) is 0 Å². The van der Waals surface area contributed by atoms with Crippen molar-refractivity contribution in [3.63, 3.8) is 0 Å². The van der Waals surface area contributed by atoms with Gasteiger partial charge in [-0.25, -0.2) is 0 Å². The fourth-order valence-corrected chi connectivity index (χ4v) is 4.14. The van der Waals surface area contributed by atoms with Crippen molar-refractivity contribution in [2.75, 3.05) is 19.8 Å². The third kappa shape index (κ3) is 14.3. The van der Waals surface area contributed by atoms with Gasteiger partial charge in [-0.05, 0) is 32.1 Å². The normalized spacial score (nSPS) is 22.5. The minimum absolute atomic E-state index is 0.0984. The van der Waals surface area contributed by atoms with Crippen molar-refractivity contribution < 1.29 is 24.8 Å². The van der Waals surface area contributed by atoms with Crippen LogP contribution in [0.3, 0.4) is 0 Å². The van der Waals surface area contributed by atoms with E-state index in [0.29, 0.717) is 6.61 Å². The Hall–Kier alpha value is -0.460. The molecule has 0 saturated carbocycles. The van der Waals surface area contributed by atoms with Crippen molar-refractivity contribution >= 4 is 0 Å². The largest absolute Gasteiger partial charge is 0.394 e. The fourth-order valence-electron chi connectivity index (χ4n) is 4.14. The maximum absolute atomic E-state index is 9.85. The maximum Gasteiger partial charge on any atom is 0.114 e. The SMILES string of the molecule is CCCCCCCC/C=C/CCCCCCCCCCO[C@@H](CO)[C@H]1OC[C@@H](O)[C@H]1O. The molecular formula is C26H50O5. The summed E-state index contributed by atoms with van der Waals surface area (Å²) in [6, 6.07) is 0. The average molecular weight is 443 g/mol. The number of rotatable bonds is 21. The molecule has 3 N–H and O–H groups in total. The predicted octanol–water partition coefficient (Wildman–Crippen LogP) is 5.30. The lowest BCUT2D eigenvalue weighted by molar-refractivity contribution is -0.101. The Morgan fingerprint density at radius 2 is 1.32 bits per heavy atom. The molecule has 0 aromatic heterocycles. The first-order valence-electron chi connectivity index (χ1n) is 13.1. The minimum Gasteiger partial charge on any atom is -0.394 e.